The molecule has 1 unspecified atom stereocenters. The number of hydrogen-bond donors (Lipinski definition) is 1. The third kappa shape index (κ3) is 3.40. The fourth-order valence-electron chi connectivity index (χ4n) is 2.13. The normalized spacial score (nSPS) is 17.6. The number of carbonyl (C=O) groups is 2. The van der Waals surface area contributed by atoms with Gasteiger partial charge < -0.3 is 5.11 Å². The van der Waals surface area contributed by atoms with E-state index in [0.717, 1.165) is 16.7 Å². The molecule has 1 saturated heterocycles. The Morgan fingerprint density at radius 2 is 2.17 bits per heavy atom. The lowest BCUT2D eigenvalue weighted by atomic mass is 10.1. The summed E-state index contributed by atoms with van der Waals surface area (Å²) >= 11 is 6.03. The molecule has 1 aliphatic heterocycles. The second kappa shape index (κ2) is 6.88. The molecule has 0 radical (unpaired) electrons. The van der Waals surface area contributed by atoms with Gasteiger partial charge in [0.2, 0.25) is 0 Å². The number of rotatable bonds is 5. The zero-order chi connectivity index (χ0) is 17.1. The predicted molar refractivity (Wildman–Crippen MR) is 89.8 cm³/mol. The number of carboxylic acids is 1. The molecule has 1 amide bonds. The van der Waals surface area contributed by atoms with Crippen molar-refractivity contribution in [3.8, 4) is 0 Å². The summed E-state index contributed by atoms with van der Waals surface area (Å²) in [7, 11) is 0. The van der Waals surface area contributed by atoms with E-state index in [9.17, 15) is 24.8 Å². The van der Waals surface area contributed by atoms with Gasteiger partial charge in [-0.05, 0) is 18.6 Å². The Balaban J connectivity index is 2.40. The van der Waals surface area contributed by atoms with Crippen LogP contribution in [0, 0.1) is 10.1 Å². The number of carboxylic acid groups (broad SMARTS) is 1. The summed E-state index contributed by atoms with van der Waals surface area (Å²) in [5.41, 5.74) is 0.129. The molecule has 0 aromatic heterocycles. The molecular weight excluding hydrogens is 340 g/mol. The van der Waals surface area contributed by atoms with Gasteiger partial charge in [0.05, 0.1) is 15.4 Å². The van der Waals surface area contributed by atoms with Crippen LogP contribution in [0.3, 0.4) is 0 Å². The highest BCUT2D eigenvalue weighted by Crippen LogP contribution is 2.35. The minimum absolute atomic E-state index is 0.133. The van der Waals surface area contributed by atoms with Crippen LogP contribution in [0.25, 0.3) is 6.08 Å². The molecule has 1 aromatic rings. The molecule has 0 aliphatic carbocycles. The van der Waals surface area contributed by atoms with Crippen LogP contribution in [0.5, 0.6) is 0 Å². The Morgan fingerprint density at radius 1 is 1.52 bits per heavy atom. The number of nitro benzene ring substituents is 1. The first-order chi connectivity index (χ1) is 10.9. The van der Waals surface area contributed by atoms with Crippen molar-refractivity contribution in [2.45, 2.75) is 19.4 Å². The van der Waals surface area contributed by atoms with Gasteiger partial charge >= 0.3 is 5.97 Å². The molecule has 0 spiro atoms. The minimum atomic E-state index is -1.14. The highest BCUT2D eigenvalue weighted by molar-refractivity contribution is 8.26. The zero-order valence-electron chi connectivity index (χ0n) is 12.0. The Labute approximate surface area is 141 Å². The summed E-state index contributed by atoms with van der Waals surface area (Å²) in [5.74, 6) is -1.69. The van der Waals surface area contributed by atoms with E-state index in [-0.39, 0.29) is 26.9 Å². The molecule has 1 atom stereocenters. The molecule has 9 heteroatoms. The Hall–Kier alpha value is -2.26. The molecular formula is C14H12N2O5S2. The van der Waals surface area contributed by atoms with Crippen LogP contribution in [0.15, 0.2) is 29.2 Å². The molecule has 1 heterocycles. The van der Waals surface area contributed by atoms with Crippen LogP contribution in [0.1, 0.15) is 18.9 Å². The van der Waals surface area contributed by atoms with Crippen molar-refractivity contribution in [1.29, 1.82) is 0 Å². The summed E-state index contributed by atoms with van der Waals surface area (Å²) in [4.78, 5) is 35.4. The molecule has 1 fully saturated rings. The summed E-state index contributed by atoms with van der Waals surface area (Å²) in [6, 6.07) is 4.95. The van der Waals surface area contributed by atoms with E-state index in [1.165, 1.54) is 24.3 Å². The number of para-hydroxylation sites is 1. The van der Waals surface area contributed by atoms with Gasteiger partial charge in [-0.15, -0.1) is 0 Å². The van der Waals surface area contributed by atoms with Crippen molar-refractivity contribution in [3.05, 3.63) is 44.8 Å². The van der Waals surface area contributed by atoms with Crippen molar-refractivity contribution in [2.24, 2.45) is 0 Å². The second-order valence-corrected chi connectivity index (χ2v) is 6.31. The third-order valence-electron chi connectivity index (χ3n) is 3.23. The third-order valence-corrected chi connectivity index (χ3v) is 4.56. The van der Waals surface area contributed by atoms with E-state index in [1.807, 2.05) is 0 Å². The fourth-order valence-corrected chi connectivity index (χ4v) is 3.48. The smallest absolute Gasteiger partial charge is 0.326 e. The first-order valence-electron chi connectivity index (χ1n) is 6.60. The Kier molecular flexibility index (Phi) is 5.12. The van der Waals surface area contributed by atoms with E-state index >= 15 is 0 Å². The minimum Gasteiger partial charge on any atom is -0.480 e. The van der Waals surface area contributed by atoms with Gasteiger partial charge in [0, 0.05) is 6.07 Å². The lowest BCUT2D eigenvalue weighted by Gasteiger charge is -2.21. The standard InChI is InChI=1S/C14H12N2O5S2/c1-2-9(13(18)19)15-12(17)11(23-14(15)22)7-8-5-3-4-6-10(8)16(20)21/h3-7,9H,2H2,1H3,(H,18,19)/b11-7-. The van der Waals surface area contributed by atoms with Gasteiger partial charge in [-0.1, -0.05) is 43.0 Å². The fraction of sp³-hybridized carbons (Fsp3) is 0.214. The van der Waals surface area contributed by atoms with Crippen molar-refractivity contribution in [3.63, 3.8) is 0 Å². The SMILES string of the molecule is CCC(C(=O)O)N1C(=O)/C(=C/c2ccccc2[N+](=O)[O-])SC1=S. The maximum absolute atomic E-state index is 12.4. The highest BCUT2D eigenvalue weighted by atomic mass is 32.2. The van der Waals surface area contributed by atoms with Gasteiger partial charge in [0.15, 0.2) is 0 Å². The molecule has 23 heavy (non-hydrogen) atoms. The number of thiocarbonyl (C=S) groups is 1. The van der Waals surface area contributed by atoms with Crippen molar-refractivity contribution < 1.29 is 19.6 Å². The van der Waals surface area contributed by atoms with E-state index < -0.39 is 22.8 Å². The lowest BCUT2D eigenvalue weighted by Crippen LogP contribution is -2.43. The van der Waals surface area contributed by atoms with E-state index in [0.29, 0.717) is 0 Å². The van der Waals surface area contributed by atoms with Crippen LogP contribution in [-0.2, 0) is 9.59 Å². The average molecular weight is 352 g/mol. The molecule has 120 valence electrons. The van der Waals surface area contributed by atoms with Gasteiger partial charge in [0.25, 0.3) is 11.6 Å². The zero-order valence-corrected chi connectivity index (χ0v) is 13.6. The number of carbonyl (C=O) groups excluding carboxylic acids is 1. The maximum Gasteiger partial charge on any atom is 0.326 e. The van der Waals surface area contributed by atoms with Crippen LogP contribution in [-0.4, -0.2) is 37.2 Å². The summed E-state index contributed by atoms with van der Waals surface area (Å²) in [5, 5.41) is 20.2. The first-order valence-corrected chi connectivity index (χ1v) is 7.82. The monoisotopic (exact) mass is 352 g/mol. The van der Waals surface area contributed by atoms with Crippen molar-refractivity contribution in [2.75, 3.05) is 0 Å². The summed E-state index contributed by atoms with van der Waals surface area (Å²) in [6.07, 6.45) is 1.58. The number of nitro groups is 1. The highest BCUT2D eigenvalue weighted by Gasteiger charge is 2.39. The van der Waals surface area contributed by atoms with Crippen LogP contribution >= 0.6 is 24.0 Å². The maximum atomic E-state index is 12.4. The first kappa shape index (κ1) is 17.1. The second-order valence-electron chi connectivity index (χ2n) is 4.63. The van der Waals surface area contributed by atoms with E-state index in [1.54, 1.807) is 13.0 Å². The topological polar surface area (TPSA) is 101 Å². The number of aliphatic carboxylic acids is 1. The number of nitrogens with zero attached hydrogens (tertiary/aromatic N) is 2. The quantitative estimate of drug-likeness (QED) is 0.376. The summed E-state index contributed by atoms with van der Waals surface area (Å²) in [6.45, 7) is 1.64. The Bertz CT molecular complexity index is 732. The molecule has 2 rings (SSSR count). The molecule has 1 aliphatic rings. The van der Waals surface area contributed by atoms with Gasteiger partial charge in [-0.25, -0.2) is 4.79 Å². The van der Waals surface area contributed by atoms with Crippen LogP contribution in [0.2, 0.25) is 0 Å². The molecule has 7 nitrogen and oxygen atoms in total. The van der Waals surface area contributed by atoms with Gasteiger partial charge in [0.1, 0.15) is 10.4 Å². The largest absolute Gasteiger partial charge is 0.480 e. The molecule has 1 N–H and O–H groups in total. The summed E-state index contributed by atoms with van der Waals surface area (Å²) < 4.78 is 0.133. The van der Waals surface area contributed by atoms with Crippen LogP contribution in [0.4, 0.5) is 5.69 Å². The molecule has 0 saturated carbocycles. The number of amides is 1. The van der Waals surface area contributed by atoms with Gasteiger partial charge in [-0.2, -0.15) is 0 Å². The van der Waals surface area contributed by atoms with Crippen molar-refractivity contribution in [1.82, 2.24) is 4.90 Å². The number of hydrogen-bond acceptors (Lipinski definition) is 6. The Morgan fingerprint density at radius 3 is 2.74 bits per heavy atom. The molecule has 0 bridgehead atoms. The van der Waals surface area contributed by atoms with Gasteiger partial charge in [-0.3, -0.25) is 19.8 Å². The van der Waals surface area contributed by atoms with E-state index in [4.69, 9.17) is 12.2 Å². The number of thioether (sulfide) groups is 1. The van der Waals surface area contributed by atoms with Crippen LogP contribution < -0.4 is 0 Å². The van der Waals surface area contributed by atoms with E-state index in [2.05, 4.69) is 0 Å². The molecule has 1 aromatic carbocycles. The number of benzene rings is 1. The lowest BCUT2D eigenvalue weighted by molar-refractivity contribution is -0.385. The predicted octanol–water partition coefficient (Wildman–Crippen LogP) is 2.66. The van der Waals surface area contributed by atoms with Crippen molar-refractivity contribution >= 4 is 51.9 Å². The average Bonchev–Trinajstić information content (AvgIpc) is 2.76.